The number of nitrogens with one attached hydrogen (secondary N) is 1. The van der Waals surface area contributed by atoms with Crippen molar-refractivity contribution in [2.24, 2.45) is 11.7 Å². The number of carbonyl (C=O) groups excluding carboxylic acids is 1. The third-order valence-corrected chi connectivity index (χ3v) is 4.09. The molecule has 4 heteroatoms. The molecule has 1 saturated heterocycles. The summed E-state index contributed by atoms with van der Waals surface area (Å²) in [5.41, 5.74) is 5.73. The summed E-state index contributed by atoms with van der Waals surface area (Å²) in [6, 6.07) is 0.255. The summed E-state index contributed by atoms with van der Waals surface area (Å²) in [6.45, 7) is 11.9. The summed E-state index contributed by atoms with van der Waals surface area (Å²) in [4.78, 5) is 14.6. The Balaban J connectivity index is 2.64. The van der Waals surface area contributed by atoms with E-state index >= 15 is 0 Å². The van der Waals surface area contributed by atoms with Gasteiger partial charge in [-0.3, -0.25) is 9.69 Å². The Morgan fingerprint density at radius 1 is 1.47 bits per heavy atom. The maximum atomic E-state index is 12.3. The molecule has 0 aromatic carbocycles. The fourth-order valence-corrected chi connectivity index (χ4v) is 2.89. The van der Waals surface area contributed by atoms with Crippen molar-refractivity contribution in [3.05, 3.63) is 0 Å². The van der Waals surface area contributed by atoms with Gasteiger partial charge < -0.3 is 11.1 Å². The monoisotopic (exact) mass is 269 g/mol. The Hall–Kier alpha value is -0.610. The topological polar surface area (TPSA) is 58.4 Å². The molecule has 0 bridgehead atoms. The van der Waals surface area contributed by atoms with Crippen LogP contribution < -0.4 is 11.1 Å². The van der Waals surface area contributed by atoms with E-state index in [4.69, 9.17) is 5.73 Å². The van der Waals surface area contributed by atoms with Crippen molar-refractivity contribution in [3.8, 4) is 0 Å². The molecule has 1 heterocycles. The lowest BCUT2D eigenvalue weighted by Gasteiger charge is -2.42. The van der Waals surface area contributed by atoms with Gasteiger partial charge >= 0.3 is 0 Å². The van der Waals surface area contributed by atoms with Gasteiger partial charge in [0.05, 0.1) is 6.04 Å². The van der Waals surface area contributed by atoms with Crippen molar-refractivity contribution in [2.45, 2.75) is 71.5 Å². The van der Waals surface area contributed by atoms with Crippen LogP contribution in [0.1, 0.15) is 53.9 Å². The fourth-order valence-electron chi connectivity index (χ4n) is 2.89. The molecule has 4 nitrogen and oxygen atoms in total. The van der Waals surface area contributed by atoms with E-state index in [1.54, 1.807) is 0 Å². The molecular weight excluding hydrogens is 238 g/mol. The minimum atomic E-state index is -0.175. The second-order valence-electron chi connectivity index (χ2n) is 6.84. The van der Waals surface area contributed by atoms with Gasteiger partial charge in [0, 0.05) is 18.1 Å². The average molecular weight is 269 g/mol. The Bertz CT molecular complexity index is 298. The number of likely N-dealkylation sites (tertiary alicyclic amines) is 1. The van der Waals surface area contributed by atoms with Gasteiger partial charge in [-0.15, -0.1) is 0 Å². The molecule has 0 saturated carbocycles. The number of carbonyl (C=O) groups is 1. The highest BCUT2D eigenvalue weighted by Gasteiger charge is 2.33. The van der Waals surface area contributed by atoms with Crippen molar-refractivity contribution < 1.29 is 4.79 Å². The molecule has 1 fully saturated rings. The minimum absolute atomic E-state index is 0.0921. The van der Waals surface area contributed by atoms with Crippen LogP contribution in [0.2, 0.25) is 0 Å². The molecule has 0 aliphatic carbocycles. The molecule has 0 aromatic rings. The standard InChI is InChI=1S/C15H31N3O/c1-6-12-7-8-18(13(9-12)10-16)11(2)14(19)17-15(3,4)5/h11-13H,6-10,16H2,1-5H3,(H,17,19). The molecule has 112 valence electrons. The van der Waals surface area contributed by atoms with E-state index in [1.807, 2.05) is 27.7 Å². The third-order valence-electron chi connectivity index (χ3n) is 4.09. The molecule has 0 spiro atoms. The first-order valence-electron chi connectivity index (χ1n) is 7.56. The van der Waals surface area contributed by atoms with Crippen LogP contribution in [0.3, 0.4) is 0 Å². The highest BCUT2D eigenvalue weighted by molar-refractivity contribution is 5.82. The lowest BCUT2D eigenvalue weighted by molar-refractivity contribution is -0.129. The molecule has 1 amide bonds. The minimum Gasteiger partial charge on any atom is -0.350 e. The highest BCUT2D eigenvalue weighted by atomic mass is 16.2. The molecule has 3 atom stereocenters. The van der Waals surface area contributed by atoms with Gasteiger partial charge in [0.2, 0.25) is 5.91 Å². The second-order valence-corrected chi connectivity index (χ2v) is 6.84. The quantitative estimate of drug-likeness (QED) is 0.817. The van der Waals surface area contributed by atoms with E-state index in [1.165, 1.54) is 12.8 Å². The predicted molar refractivity (Wildman–Crippen MR) is 79.9 cm³/mol. The smallest absolute Gasteiger partial charge is 0.237 e. The molecule has 3 N–H and O–H groups in total. The van der Waals surface area contributed by atoms with Crippen LogP contribution in [0.25, 0.3) is 0 Å². The maximum Gasteiger partial charge on any atom is 0.237 e. The summed E-state index contributed by atoms with van der Waals surface area (Å²) in [5, 5.41) is 3.06. The molecule has 1 aliphatic heterocycles. The first kappa shape index (κ1) is 16.4. The van der Waals surface area contributed by atoms with Gasteiger partial charge in [-0.05, 0) is 53.0 Å². The molecule has 0 radical (unpaired) electrons. The van der Waals surface area contributed by atoms with Crippen molar-refractivity contribution in [1.82, 2.24) is 10.2 Å². The van der Waals surface area contributed by atoms with Crippen LogP contribution in [-0.4, -0.2) is 41.5 Å². The number of nitrogens with zero attached hydrogens (tertiary/aromatic N) is 1. The van der Waals surface area contributed by atoms with Gasteiger partial charge in [0.1, 0.15) is 0 Å². The van der Waals surface area contributed by atoms with E-state index in [9.17, 15) is 4.79 Å². The summed E-state index contributed by atoms with van der Waals surface area (Å²) in [7, 11) is 0. The number of piperidine rings is 1. The summed E-state index contributed by atoms with van der Waals surface area (Å²) >= 11 is 0. The number of amides is 1. The average Bonchev–Trinajstić information content (AvgIpc) is 2.35. The van der Waals surface area contributed by atoms with Gasteiger partial charge in [-0.25, -0.2) is 0 Å². The number of rotatable bonds is 4. The number of nitrogens with two attached hydrogens (primary N) is 1. The van der Waals surface area contributed by atoms with Gasteiger partial charge in [0.25, 0.3) is 0 Å². The predicted octanol–water partition coefficient (Wildman–Crippen LogP) is 1.74. The van der Waals surface area contributed by atoms with Crippen LogP contribution in [-0.2, 0) is 4.79 Å². The highest BCUT2D eigenvalue weighted by Crippen LogP contribution is 2.26. The Morgan fingerprint density at radius 3 is 2.58 bits per heavy atom. The zero-order chi connectivity index (χ0) is 14.6. The van der Waals surface area contributed by atoms with Crippen molar-refractivity contribution >= 4 is 5.91 Å². The molecule has 0 aromatic heterocycles. The first-order valence-corrected chi connectivity index (χ1v) is 7.56. The van der Waals surface area contributed by atoms with Gasteiger partial charge in [-0.1, -0.05) is 13.3 Å². The third kappa shape index (κ3) is 4.77. The Kier molecular flexibility index (Phi) is 5.81. The van der Waals surface area contributed by atoms with Crippen molar-refractivity contribution in [2.75, 3.05) is 13.1 Å². The summed E-state index contributed by atoms with van der Waals surface area (Å²) in [6.07, 6.45) is 3.52. The van der Waals surface area contributed by atoms with Crippen LogP contribution in [0, 0.1) is 5.92 Å². The second kappa shape index (κ2) is 6.71. The summed E-state index contributed by atoms with van der Waals surface area (Å²) in [5.74, 6) is 0.878. The fraction of sp³-hybridized carbons (Fsp3) is 0.933. The van der Waals surface area contributed by atoms with Crippen molar-refractivity contribution in [3.63, 3.8) is 0 Å². The Labute approximate surface area is 118 Å². The maximum absolute atomic E-state index is 12.3. The van der Waals surface area contributed by atoms with Crippen LogP contribution in [0.4, 0.5) is 0 Å². The van der Waals surface area contributed by atoms with E-state index in [0.717, 1.165) is 18.9 Å². The molecule has 1 rings (SSSR count). The summed E-state index contributed by atoms with van der Waals surface area (Å²) < 4.78 is 0. The van der Waals surface area contributed by atoms with Crippen LogP contribution in [0.15, 0.2) is 0 Å². The van der Waals surface area contributed by atoms with Crippen LogP contribution in [0.5, 0.6) is 0 Å². The van der Waals surface area contributed by atoms with Gasteiger partial charge in [-0.2, -0.15) is 0 Å². The lowest BCUT2D eigenvalue weighted by Crippen LogP contribution is -2.57. The van der Waals surface area contributed by atoms with E-state index in [0.29, 0.717) is 12.6 Å². The zero-order valence-electron chi connectivity index (χ0n) is 13.2. The van der Waals surface area contributed by atoms with E-state index in [-0.39, 0.29) is 17.5 Å². The zero-order valence-corrected chi connectivity index (χ0v) is 13.2. The molecular formula is C15H31N3O. The van der Waals surface area contributed by atoms with Gasteiger partial charge in [0.15, 0.2) is 0 Å². The van der Waals surface area contributed by atoms with E-state index < -0.39 is 0 Å². The number of hydrogen-bond donors (Lipinski definition) is 2. The lowest BCUT2D eigenvalue weighted by atomic mass is 9.88. The molecule has 3 unspecified atom stereocenters. The molecule has 1 aliphatic rings. The SMILES string of the molecule is CCC1CCN(C(C)C(=O)NC(C)(C)C)C(CN)C1. The van der Waals surface area contributed by atoms with E-state index in [2.05, 4.69) is 17.1 Å². The largest absolute Gasteiger partial charge is 0.350 e. The van der Waals surface area contributed by atoms with Crippen LogP contribution >= 0.6 is 0 Å². The normalized spacial score (nSPS) is 27.1. The number of hydrogen-bond acceptors (Lipinski definition) is 3. The first-order chi connectivity index (χ1) is 8.78. The Morgan fingerprint density at radius 2 is 2.11 bits per heavy atom. The van der Waals surface area contributed by atoms with Crippen molar-refractivity contribution in [1.29, 1.82) is 0 Å². The molecule has 19 heavy (non-hydrogen) atoms.